The lowest BCUT2D eigenvalue weighted by atomic mass is 9.63. The highest BCUT2D eigenvalue weighted by molar-refractivity contribution is 6.81. The number of nitrogens with zero attached hydrogens (tertiary/aromatic N) is 2. The van der Waals surface area contributed by atoms with Crippen LogP contribution in [0.3, 0.4) is 0 Å². The monoisotopic (exact) mass is 522 g/mol. The standard InChI is InChI=1S/C34H43BN2O2/c1-22(2)28-15-11-16-29(23(3)4)32(28)36-19-20-37(33-30(24(5)6)17-12-18-31(33)25(7)8)35(36)27-14-10-13-26(21-27)34(38)39-9/h10-25H,1-9H3. The Kier molecular flexibility index (Phi) is 8.59. The lowest BCUT2D eigenvalue weighted by Gasteiger charge is -2.36. The summed E-state index contributed by atoms with van der Waals surface area (Å²) in [6, 6.07) is 21.3. The minimum Gasteiger partial charge on any atom is -0.465 e. The lowest BCUT2D eigenvalue weighted by molar-refractivity contribution is 0.0601. The summed E-state index contributed by atoms with van der Waals surface area (Å²) in [5, 5.41) is 0. The molecule has 1 heterocycles. The van der Waals surface area contributed by atoms with E-state index in [4.69, 9.17) is 4.74 Å². The van der Waals surface area contributed by atoms with E-state index in [0.717, 1.165) is 5.46 Å². The topological polar surface area (TPSA) is 32.8 Å². The smallest absolute Gasteiger partial charge is 0.419 e. The molecule has 0 bridgehead atoms. The van der Waals surface area contributed by atoms with Gasteiger partial charge < -0.3 is 14.4 Å². The van der Waals surface area contributed by atoms with Crippen LogP contribution >= 0.6 is 0 Å². The SMILES string of the molecule is COC(=O)c1cccc(B2N(c3c(C(C)C)cccc3C(C)C)C=CN2c2c(C(C)C)cccc2C(C)C)c1. The molecule has 0 unspecified atom stereocenters. The summed E-state index contributed by atoms with van der Waals surface area (Å²) in [5.74, 6) is 1.11. The normalized spacial score (nSPS) is 13.5. The lowest BCUT2D eigenvalue weighted by Crippen LogP contribution is -2.54. The number of esters is 1. The minimum atomic E-state index is -0.322. The van der Waals surface area contributed by atoms with Gasteiger partial charge in [-0.15, -0.1) is 0 Å². The van der Waals surface area contributed by atoms with Crippen LogP contribution in [0, 0.1) is 0 Å². The van der Waals surface area contributed by atoms with E-state index in [2.05, 4.69) is 120 Å². The largest absolute Gasteiger partial charge is 0.465 e. The van der Waals surface area contributed by atoms with E-state index in [0.29, 0.717) is 29.2 Å². The van der Waals surface area contributed by atoms with Crippen LogP contribution in [-0.4, -0.2) is 20.1 Å². The van der Waals surface area contributed by atoms with Crippen LogP contribution in [0.4, 0.5) is 11.4 Å². The van der Waals surface area contributed by atoms with Crippen molar-refractivity contribution in [2.75, 3.05) is 16.7 Å². The number of hydrogen-bond donors (Lipinski definition) is 0. The van der Waals surface area contributed by atoms with Crippen molar-refractivity contribution in [3.8, 4) is 0 Å². The molecule has 0 spiro atoms. The molecule has 5 heteroatoms. The molecule has 0 atom stereocenters. The molecule has 0 radical (unpaired) electrons. The molecule has 39 heavy (non-hydrogen) atoms. The summed E-state index contributed by atoms with van der Waals surface area (Å²) in [6.07, 6.45) is 4.45. The molecule has 0 N–H and O–H groups in total. The molecule has 0 saturated heterocycles. The van der Waals surface area contributed by atoms with E-state index in [1.54, 1.807) is 0 Å². The zero-order chi connectivity index (χ0) is 28.4. The fourth-order valence-corrected chi connectivity index (χ4v) is 5.72. The van der Waals surface area contributed by atoms with E-state index in [1.165, 1.54) is 40.7 Å². The molecule has 4 rings (SSSR count). The van der Waals surface area contributed by atoms with Crippen molar-refractivity contribution in [2.45, 2.75) is 79.1 Å². The van der Waals surface area contributed by atoms with Crippen molar-refractivity contribution < 1.29 is 9.53 Å². The molecule has 3 aromatic rings. The van der Waals surface area contributed by atoms with Gasteiger partial charge in [-0.3, -0.25) is 0 Å². The number of carbonyl (C=O) groups is 1. The van der Waals surface area contributed by atoms with Crippen molar-refractivity contribution in [3.63, 3.8) is 0 Å². The molecule has 0 amide bonds. The summed E-state index contributed by atoms with van der Waals surface area (Å²) < 4.78 is 5.10. The van der Waals surface area contributed by atoms with Crippen LogP contribution in [0.1, 0.15) is 112 Å². The van der Waals surface area contributed by atoms with Crippen LogP contribution in [0.25, 0.3) is 0 Å². The Morgan fingerprint density at radius 2 is 1.03 bits per heavy atom. The van der Waals surface area contributed by atoms with Gasteiger partial charge in [0.25, 0.3) is 0 Å². The third-order valence-corrected chi connectivity index (χ3v) is 7.72. The first-order valence-electron chi connectivity index (χ1n) is 14.3. The van der Waals surface area contributed by atoms with E-state index in [1.807, 2.05) is 18.2 Å². The van der Waals surface area contributed by atoms with Crippen LogP contribution in [0.2, 0.25) is 0 Å². The van der Waals surface area contributed by atoms with E-state index in [9.17, 15) is 4.79 Å². The molecule has 1 aliphatic rings. The summed E-state index contributed by atoms with van der Waals surface area (Å²) >= 11 is 0. The Labute approximate surface area is 235 Å². The third-order valence-electron chi connectivity index (χ3n) is 7.72. The van der Waals surface area contributed by atoms with Gasteiger partial charge in [-0.05, 0) is 63.5 Å². The quantitative estimate of drug-likeness (QED) is 0.221. The second-order valence-electron chi connectivity index (χ2n) is 11.8. The predicted octanol–water partition coefficient (Wildman–Crippen LogP) is 8.16. The van der Waals surface area contributed by atoms with Crippen molar-refractivity contribution in [3.05, 3.63) is 101 Å². The van der Waals surface area contributed by atoms with Crippen LogP contribution in [0.5, 0.6) is 0 Å². The van der Waals surface area contributed by atoms with Crippen molar-refractivity contribution >= 4 is 29.8 Å². The number of rotatable bonds is 8. The van der Waals surface area contributed by atoms with Gasteiger partial charge in [-0.2, -0.15) is 0 Å². The van der Waals surface area contributed by atoms with Gasteiger partial charge in [0, 0.05) is 23.8 Å². The van der Waals surface area contributed by atoms with Gasteiger partial charge in [0.2, 0.25) is 0 Å². The number of benzene rings is 3. The molecule has 0 saturated carbocycles. The van der Waals surface area contributed by atoms with Gasteiger partial charge in [0.05, 0.1) is 12.7 Å². The highest BCUT2D eigenvalue weighted by Crippen LogP contribution is 2.42. The van der Waals surface area contributed by atoms with Crippen LogP contribution < -0.4 is 15.1 Å². The number of anilines is 2. The minimum absolute atomic E-state index is 0.163. The van der Waals surface area contributed by atoms with Crippen molar-refractivity contribution in [1.82, 2.24) is 0 Å². The number of ether oxygens (including phenoxy) is 1. The highest BCUT2D eigenvalue weighted by Gasteiger charge is 2.40. The highest BCUT2D eigenvalue weighted by atomic mass is 16.5. The van der Waals surface area contributed by atoms with Crippen molar-refractivity contribution in [1.29, 1.82) is 0 Å². The van der Waals surface area contributed by atoms with E-state index in [-0.39, 0.29) is 13.0 Å². The number of hydrogen-bond acceptors (Lipinski definition) is 4. The van der Waals surface area contributed by atoms with Gasteiger partial charge in [0.1, 0.15) is 0 Å². The number of methoxy groups -OCH3 is 1. The van der Waals surface area contributed by atoms with Gasteiger partial charge in [-0.1, -0.05) is 104 Å². The van der Waals surface area contributed by atoms with Gasteiger partial charge >= 0.3 is 13.0 Å². The number of carbonyl (C=O) groups excluding carboxylic acids is 1. The maximum Gasteiger partial charge on any atom is 0.419 e. The van der Waals surface area contributed by atoms with Crippen LogP contribution in [0.15, 0.2) is 73.1 Å². The molecule has 3 aromatic carbocycles. The van der Waals surface area contributed by atoms with E-state index >= 15 is 0 Å². The number of para-hydroxylation sites is 2. The molecule has 1 aliphatic heterocycles. The molecule has 0 aliphatic carbocycles. The third kappa shape index (κ3) is 5.50. The molecule has 0 aromatic heterocycles. The first-order valence-corrected chi connectivity index (χ1v) is 14.3. The van der Waals surface area contributed by atoms with E-state index < -0.39 is 0 Å². The zero-order valence-corrected chi connectivity index (χ0v) is 25.0. The zero-order valence-electron chi connectivity index (χ0n) is 25.0. The Morgan fingerprint density at radius 3 is 1.38 bits per heavy atom. The second kappa shape index (κ2) is 11.7. The summed E-state index contributed by atoms with van der Waals surface area (Å²) in [6.45, 7) is 17.9. The summed E-state index contributed by atoms with van der Waals surface area (Å²) in [7, 11) is 1.44. The van der Waals surface area contributed by atoms with Crippen LogP contribution in [-0.2, 0) is 4.74 Å². The average Bonchev–Trinajstić information content (AvgIpc) is 3.36. The maximum atomic E-state index is 12.6. The molecule has 4 nitrogen and oxygen atoms in total. The Bertz CT molecular complexity index is 1230. The Balaban J connectivity index is 2.02. The summed E-state index contributed by atoms with van der Waals surface area (Å²) in [5.41, 5.74) is 9.40. The maximum absolute atomic E-state index is 12.6. The first kappa shape index (κ1) is 28.5. The van der Waals surface area contributed by atoms with Gasteiger partial charge in [-0.25, -0.2) is 4.79 Å². The average molecular weight is 523 g/mol. The Morgan fingerprint density at radius 1 is 0.641 bits per heavy atom. The van der Waals surface area contributed by atoms with Crippen molar-refractivity contribution in [2.24, 2.45) is 0 Å². The van der Waals surface area contributed by atoms with Gasteiger partial charge in [0.15, 0.2) is 0 Å². The molecule has 204 valence electrons. The Hall–Kier alpha value is -3.47. The molecular weight excluding hydrogens is 479 g/mol. The summed E-state index contributed by atoms with van der Waals surface area (Å²) in [4.78, 5) is 17.4. The predicted molar refractivity (Wildman–Crippen MR) is 167 cm³/mol. The fraction of sp³-hybridized carbons (Fsp3) is 0.382. The fourth-order valence-electron chi connectivity index (χ4n) is 5.72. The molecule has 0 fully saturated rings. The second-order valence-corrected chi connectivity index (χ2v) is 11.8. The molecular formula is C34H43BN2O2. The first-order chi connectivity index (χ1) is 18.6.